The first-order valence-corrected chi connectivity index (χ1v) is 10.5. The van der Waals surface area contributed by atoms with E-state index in [2.05, 4.69) is 18.8 Å². The van der Waals surface area contributed by atoms with Crippen molar-refractivity contribution in [2.45, 2.75) is 65.6 Å². The van der Waals surface area contributed by atoms with Gasteiger partial charge in [0, 0.05) is 35.1 Å². The van der Waals surface area contributed by atoms with Crippen LogP contribution in [0.25, 0.3) is 11.1 Å². The average molecular weight is 413 g/mol. The highest BCUT2D eigenvalue weighted by molar-refractivity contribution is 5.76. The van der Waals surface area contributed by atoms with Crippen LogP contribution < -0.4 is 9.47 Å². The van der Waals surface area contributed by atoms with Crippen molar-refractivity contribution in [2.75, 3.05) is 6.61 Å². The summed E-state index contributed by atoms with van der Waals surface area (Å²) in [5, 5.41) is 9.81. The Balaban J connectivity index is 1.82. The van der Waals surface area contributed by atoms with Gasteiger partial charge in [0.05, 0.1) is 6.04 Å². The minimum Gasteiger partial charge on any atom is -0.491 e. The molecular formula is C24H32N2O4. The minimum absolute atomic E-state index is 0.0893. The monoisotopic (exact) mass is 412 g/mol. The third-order valence-corrected chi connectivity index (χ3v) is 5.32. The van der Waals surface area contributed by atoms with Gasteiger partial charge < -0.3 is 14.6 Å². The highest BCUT2D eigenvalue weighted by Gasteiger charge is 2.34. The second-order valence-corrected chi connectivity index (χ2v) is 9.30. The molecule has 0 radical (unpaired) electrons. The second kappa shape index (κ2) is 8.54. The number of amides is 1. The summed E-state index contributed by atoms with van der Waals surface area (Å²) in [5.74, 6) is 1.79. The Kier molecular flexibility index (Phi) is 6.25. The third kappa shape index (κ3) is 4.69. The fraction of sp³-hybridized carbons (Fsp3) is 0.500. The number of hydrogen-bond donors (Lipinski definition) is 1. The molecule has 6 nitrogen and oxygen atoms in total. The summed E-state index contributed by atoms with van der Waals surface area (Å²) in [7, 11) is 0. The van der Waals surface area contributed by atoms with Gasteiger partial charge in [0.1, 0.15) is 24.2 Å². The molecule has 1 aromatic carbocycles. The lowest BCUT2D eigenvalue weighted by molar-refractivity contribution is 0.0433. The number of benzene rings is 1. The maximum atomic E-state index is 12.0. The molecule has 0 spiro atoms. The zero-order valence-corrected chi connectivity index (χ0v) is 18.7. The first-order chi connectivity index (χ1) is 14.1. The van der Waals surface area contributed by atoms with Crippen LogP contribution >= 0.6 is 0 Å². The van der Waals surface area contributed by atoms with E-state index in [1.165, 1.54) is 4.90 Å². The fourth-order valence-electron chi connectivity index (χ4n) is 4.12. The van der Waals surface area contributed by atoms with Crippen LogP contribution in [0.2, 0.25) is 0 Å². The molecule has 3 rings (SSSR count). The van der Waals surface area contributed by atoms with Crippen LogP contribution in [-0.2, 0) is 0 Å². The maximum Gasteiger partial charge on any atom is 0.408 e. The Morgan fingerprint density at radius 3 is 2.63 bits per heavy atom. The lowest BCUT2D eigenvalue weighted by Crippen LogP contribution is -2.53. The Labute approximate surface area is 178 Å². The molecule has 30 heavy (non-hydrogen) atoms. The summed E-state index contributed by atoms with van der Waals surface area (Å²) < 4.78 is 12.2. The molecule has 0 fully saturated rings. The first kappa shape index (κ1) is 21.9. The normalized spacial score (nSPS) is 16.3. The van der Waals surface area contributed by atoms with Crippen LogP contribution in [0.5, 0.6) is 11.5 Å². The molecule has 0 saturated heterocycles. The van der Waals surface area contributed by atoms with Crippen molar-refractivity contribution in [2.24, 2.45) is 5.92 Å². The summed E-state index contributed by atoms with van der Waals surface area (Å²) in [6.07, 6.45) is 3.34. The number of fused-ring (bicyclic) bond motifs is 3. The lowest BCUT2D eigenvalue weighted by Gasteiger charge is -2.40. The zero-order chi connectivity index (χ0) is 22.1. The van der Waals surface area contributed by atoms with Crippen molar-refractivity contribution in [1.29, 1.82) is 0 Å². The van der Waals surface area contributed by atoms with Gasteiger partial charge in [0.2, 0.25) is 0 Å². The molecule has 2 atom stereocenters. The summed E-state index contributed by atoms with van der Waals surface area (Å²) in [6, 6.07) is 7.55. The van der Waals surface area contributed by atoms with Gasteiger partial charge in [-0.15, -0.1) is 0 Å². The summed E-state index contributed by atoms with van der Waals surface area (Å²) >= 11 is 0. The van der Waals surface area contributed by atoms with Gasteiger partial charge in [-0.05, 0) is 63.8 Å². The number of carbonyl (C=O) groups is 1. The SMILES string of the molecule is CC(C)C[C@@H](COc1ccc2c(c1)OC(C)c1cnccc1-2)N(C(=O)O)C(C)(C)C. The Bertz CT molecular complexity index is 904. The molecule has 0 aliphatic carbocycles. The number of hydrogen-bond acceptors (Lipinski definition) is 4. The molecule has 1 N–H and O–H groups in total. The molecule has 0 saturated carbocycles. The van der Waals surface area contributed by atoms with Gasteiger partial charge in [-0.1, -0.05) is 13.8 Å². The van der Waals surface area contributed by atoms with E-state index in [4.69, 9.17) is 9.47 Å². The third-order valence-electron chi connectivity index (χ3n) is 5.32. The number of rotatable bonds is 6. The van der Waals surface area contributed by atoms with Crippen LogP contribution in [0.1, 0.15) is 59.6 Å². The van der Waals surface area contributed by atoms with Crippen molar-refractivity contribution < 1.29 is 19.4 Å². The van der Waals surface area contributed by atoms with Crippen LogP contribution in [0.4, 0.5) is 4.79 Å². The molecule has 0 bridgehead atoms. The van der Waals surface area contributed by atoms with E-state index in [0.717, 1.165) is 28.9 Å². The molecule has 1 aliphatic rings. The average Bonchev–Trinajstić information content (AvgIpc) is 2.64. The number of aromatic nitrogens is 1. The summed E-state index contributed by atoms with van der Waals surface area (Å²) in [6.45, 7) is 12.2. The number of nitrogens with zero attached hydrogens (tertiary/aromatic N) is 2. The molecule has 1 unspecified atom stereocenters. The van der Waals surface area contributed by atoms with Crippen LogP contribution in [0.3, 0.4) is 0 Å². The molecule has 6 heteroatoms. The molecule has 1 amide bonds. The van der Waals surface area contributed by atoms with Crippen molar-refractivity contribution in [3.63, 3.8) is 0 Å². The second-order valence-electron chi connectivity index (χ2n) is 9.30. The Morgan fingerprint density at radius 1 is 1.27 bits per heavy atom. The van der Waals surface area contributed by atoms with Crippen LogP contribution in [-0.4, -0.2) is 39.3 Å². The molecule has 2 aromatic rings. The first-order valence-electron chi connectivity index (χ1n) is 10.5. The van der Waals surface area contributed by atoms with Crippen LogP contribution in [0, 0.1) is 5.92 Å². The molecule has 2 heterocycles. The van der Waals surface area contributed by atoms with Gasteiger partial charge in [0.15, 0.2) is 0 Å². The number of pyridine rings is 1. The van der Waals surface area contributed by atoms with E-state index in [1.807, 2.05) is 58.2 Å². The fourth-order valence-corrected chi connectivity index (χ4v) is 4.12. The van der Waals surface area contributed by atoms with Gasteiger partial charge >= 0.3 is 6.09 Å². The van der Waals surface area contributed by atoms with Crippen molar-refractivity contribution in [1.82, 2.24) is 9.88 Å². The molecular weight excluding hydrogens is 380 g/mol. The van der Waals surface area contributed by atoms with Gasteiger partial charge in [-0.3, -0.25) is 9.88 Å². The number of carboxylic acid groups (broad SMARTS) is 1. The Morgan fingerprint density at radius 2 is 2.00 bits per heavy atom. The predicted octanol–water partition coefficient (Wildman–Crippen LogP) is 5.77. The maximum absolute atomic E-state index is 12.0. The van der Waals surface area contributed by atoms with Crippen LogP contribution in [0.15, 0.2) is 36.7 Å². The van der Waals surface area contributed by atoms with E-state index in [-0.39, 0.29) is 18.8 Å². The van der Waals surface area contributed by atoms with Gasteiger partial charge in [0.25, 0.3) is 0 Å². The summed E-state index contributed by atoms with van der Waals surface area (Å²) in [4.78, 5) is 17.7. The van der Waals surface area contributed by atoms with E-state index < -0.39 is 11.6 Å². The van der Waals surface area contributed by atoms with E-state index >= 15 is 0 Å². The minimum atomic E-state index is -0.926. The molecule has 162 valence electrons. The lowest BCUT2D eigenvalue weighted by atomic mass is 9.95. The van der Waals surface area contributed by atoms with Crippen molar-refractivity contribution >= 4 is 6.09 Å². The van der Waals surface area contributed by atoms with E-state index in [1.54, 1.807) is 6.20 Å². The highest BCUT2D eigenvalue weighted by Crippen LogP contribution is 2.43. The Hall–Kier alpha value is -2.76. The zero-order valence-electron chi connectivity index (χ0n) is 18.7. The van der Waals surface area contributed by atoms with Crippen molar-refractivity contribution in [3.8, 4) is 22.6 Å². The molecule has 1 aromatic heterocycles. The van der Waals surface area contributed by atoms with Gasteiger partial charge in [-0.2, -0.15) is 0 Å². The number of ether oxygens (including phenoxy) is 2. The van der Waals surface area contributed by atoms with E-state index in [0.29, 0.717) is 11.7 Å². The summed E-state index contributed by atoms with van der Waals surface area (Å²) in [5.41, 5.74) is 2.69. The smallest absolute Gasteiger partial charge is 0.408 e. The highest BCUT2D eigenvalue weighted by atomic mass is 16.5. The quantitative estimate of drug-likeness (QED) is 0.652. The van der Waals surface area contributed by atoms with E-state index in [9.17, 15) is 9.90 Å². The van der Waals surface area contributed by atoms with Gasteiger partial charge in [-0.25, -0.2) is 4.79 Å². The van der Waals surface area contributed by atoms with Crippen molar-refractivity contribution in [3.05, 3.63) is 42.2 Å². The molecule has 1 aliphatic heterocycles. The standard InChI is InChI=1S/C24H32N2O4/c1-15(2)11-17(26(23(27)28)24(4,5)6)14-29-18-7-8-20-19-9-10-25-13-21(19)16(3)30-22(20)12-18/h7-10,12-13,15-17H,11,14H2,1-6H3,(H,27,28)/t16?,17-/m0/s1. The predicted molar refractivity (Wildman–Crippen MR) is 117 cm³/mol. The largest absolute Gasteiger partial charge is 0.491 e. The topological polar surface area (TPSA) is 71.9 Å².